The lowest BCUT2D eigenvalue weighted by atomic mass is 9.93. The number of hydrogen-bond donors (Lipinski definition) is 2. The molecule has 2 rings (SSSR count). The van der Waals surface area contributed by atoms with Crippen LogP contribution in [0.5, 0.6) is 0 Å². The third-order valence-corrected chi connectivity index (χ3v) is 6.34. The van der Waals surface area contributed by atoms with Crippen LogP contribution in [0.25, 0.3) is 0 Å². The number of piperidine rings is 1. The number of aliphatic imine (C=N–C) groups is 1. The molecule has 2 aliphatic heterocycles. The normalized spacial score (nSPS) is 27.9. The molecule has 0 radical (unpaired) electrons. The van der Waals surface area contributed by atoms with Gasteiger partial charge in [-0.25, -0.2) is 0 Å². The zero-order valence-corrected chi connectivity index (χ0v) is 15.6. The Labute approximate surface area is 140 Å². The van der Waals surface area contributed by atoms with E-state index in [9.17, 15) is 0 Å². The van der Waals surface area contributed by atoms with E-state index in [0.29, 0.717) is 0 Å². The summed E-state index contributed by atoms with van der Waals surface area (Å²) in [4.78, 5) is 7.01. The van der Waals surface area contributed by atoms with Crippen molar-refractivity contribution in [1.82, 2.24) is 15.5 Å². The highest BCUT2D eigenvalue weighted by Crippen LogP contribution is 2.25. The second-order valence-corrected chi connectivity index (χ2v) is 8.86. The lowest BCUT2D eigenvalue weighted by Crippen LogP contribution is -2.56. The van der Waals surface area contributed by atoms with Crippen molar-refractivity contribution in [1.29, 1.82) is 0 Å². The first kappa shape index (κ1) is 17.9. The molecule has 0 aromatic heterocycles. The van der Waals surface area contributed by atoms with Crippen molar-refractivity contribution in [3.05, 3.63) is 0 Å². The van der Waals surface area contributed by atoms with Crippen LogP contribution in [0.4, 0.5) is 0 Å². The molecule has 22 heavy (non-hydrogen) atoms. The van der Waals surface area contributed by atoms with Gasteiger partial charge < -0.3 is 10.6 Å². The number of nitrogens with one attached hydrogen (secondary N) is 2. The number of thioether (sulfide) groups is 1. The minimum absolute atomic E-state index is 0.175. The summed E-state index contributed by atoms with van der Waals surface area (Å²) in [5.41, 5.74) is 0.175. The summed E-state index contributed by atoms with van der Waals surface area (Å²) in [6.45, 7) is 11.5. The number of rotatable bonds is 5. The predicted octanol–water partition coefficient (Wildman–Crippen LogP) is 2.56. The van der Waals surface area contributed by atoms with E-state index in [1.54, 1.807) is 0 Å². The molecule has 2 fully saturated rings. The summed E-state index contributed by atoms with van der Waals surface area (Å²) in [5.74, 6) is 3.09. The van der Waals surface area contributed by atoms with Crippen LogP contribution in [0.1, 0.15) is 46.5 Å². The molecule has 0 spiro atoms. The van der Waals surface area contributed by atoms with Crippen LogP contribution in [0, 0.1) is 5.92 Å². The molecular formula is C17H34N4S. The number of likely N-dealkylation sites (tertiary alicyclic amines) is 1. The molecule has 0 amide bonds. The van der Waals surface area contributed by atoms with Gasteiger partial charge in [0.2, 0.25) is 0 Å². The number of guanidine groups is 1. The molecule has 2 N–H and O–H groups in total. The summed E-state index contributed by atoms with van der Waals surface area (Å²) < 4.78 is 0. The van der Waals surface area contributed by atoms with Crippen LogP contribution in [-0.2, 0) is 0 Å². The van der Waals surface area contributed by atoms with Crippen LogP contribution in [0.2, 0.25) is 0 Å². The van der Waals surface area contributed by atoms with E-state index in [1.807, 2.05) is 7.05 Å². The lowest BCUT2D eigenvalue weighted by molar-refractivity contribution is 0.0739. The van der Waals surface area contributed by atoms with Gasteiger partial charge in [0.15, 0.2) is 5.96 Å². The summed E-state index contributed by atoms with van der Waals surface area (Å²) in [6, 6.07) is 0. The van der Waals surface area contributed by atoms with E-state index in [0.717, 1.165) is 30.2 Å². The van der Waals surface area contributed by atoms with Gasteiger partial charge in [-0.3, -0.25) is 9.89 Å². The Hall–Kier alpha value is -0.420. The second-order valence-electron chi connectivity index (χ2n) is 7.45. The first-order chi connectivity index (χ1) is 10.5. The van der Waals surface area contributed by atoms with E-state index < -0.39 is 0 Å². The largest absolute Gasteiger partial charge is 0.355 e. The van der Waals surface area contributed by atoms with E-state index in [2.05, 4.69) is 53.1 Å². The summed E-state index contributed by atoms with van der Waals surface area (Å²) in [7, 11) is 1.87. The Balaban J connectivity index is 1.75. The maximum Gasteiger partial charge on any atom is 0.191 e. The molecule has 5 heteroatoms. The van der Waals surface area contributed by atoms with E-state index in [-0.39, 0.29) is 5.54 Å². The van der Waals surface area contributed by atoms with Gasteiger partial charge in [0.05, 0.1) is 0 Å². The van der Waals surface area contributed by atoms with Gasteiger partial charge >= 0.3 is 0 Å². The molecule has 0 aromatic rings. The molecule has 2 aliphatic rings. The Morgan fingerprint density at radius 3 is 2.73 bits per heavy atom. The molecule has 2 atom stereocenters. The van der Waals surface area contributed by atoms with Gasteiger partial charge in [-0.2, -0.15) is 11.8 Å². The zero-order valence-electron chi connectivity index (χ0n) is 14.8. The van der Waals surface area contributed by atoms with Crippen LogP contribution in [0.3, 0.4) is 0 Å². The molecule has 0 bridgehead atoms. The van der Waals surface area contributed by atoms with Crippen molar-refractivity contribution in [2.75, 3.05) is 39.0 Å². The van der Waals surface area contributed by atoms with E-state index in [4.69, 9.17) is 0 Å². The fraction of sp³-hybridized carbons (Fsp3) is 0.941. The molecular weight excluding hydrogens is 292 g/mol. The smallest absolute Gasteiger partial charge is 0.191 e. The third kappa shape index (κ3) is 5.34. The van der Waals surface area contributed by atoms with Crippen LogP contribution in [0.15, 0.2) is 4.99 Å². The molecule has 2 saturated heterocycles. The minimum Gasteiger partial charge on any atom is -0.355 e. The minimum atomic E-state index is 0.175. The number of hydrogen-bond acceptors (Lipinski definition) is 3. The van der Waals surface area contributed by atoms with Crippen LogP contribution < -0.4 is 10.6 Å². The molecule has 128 valence electrons. The molecule has 0 aromatic carbocycles. The molecule has 2 heterocycles. The van der Waals surface area contributed by atoms with E-state index >= 15 is 0 Å². The molecule has 4 nitrogen and oxygen atoms in total. The zero-order chi connectivity index (χ0) is 16.0. The Morgan fingerprint density at radius 2 is 2.09 bits per heavy atom. The Bertz CT molecular complexity index is 364. The van der Waals surface area contributed by atoms with Crippen molar-refractivity contribution in [3.8, 4) is 0 Å². The molecule has 0 saturated carbocycles. The first-order valence-electron chi connectivity index (χ1n) is 8.82. The standard InChI is InChI=1S/C17H34N4S/c1-14-7-5-9-21(12-14)17(2,3)13-20-16(18-4)19-11-15-8-6-10-22-15/h14-15H,5-13H2,1-4H3,(H2,18,19,20). The highest BCUT2D eigenvalue weighted by Gasteiger charge is 2.30. The van der Waals surface area contributed by atoms with Gasteiger partial charge in [-0.1, -0.05) is 6.92 Å². The Morgan fingerprint density at radius 1 is 1.27 bits per heavy atom. The molecule has 2 unspecified atom stereocenters. The lowest BCUT2D eigenvalue weighted by Gasteiger charge is -2.43. The van der Waals surface area contributed by atoms with Crippen molar-refractivity contribution in [2.24, 2.45) is 10.9 Å². The number of nitrogens with zero attached hydrogens (tertiary/aromatic N) is 2. The maximum absolute atomic E-state index is 4.38. The van der Waals surface area contributed by atoms with Crippen molar-refractivity contribution < 1.29 is 0 Å². The van der Waals surface area contributed by atoms with Gasteiger partial charge in [0, 0.05) is 37.5 Å². The summed E-state index contributed by atoms with van der Waals surface area (Å²) >= 11 is 2.09. The van der Waals surface area contributed by atoms with Crippen LogP contribution >= 0.6 is 11.8 Å². The molecule has 0 aliphatic carbocycles. The SMILES string of the molecule is CN=C(NCC1CCCS1)NCC(C)(C)N1CCCC(C)C1. The van der Waals surface area contributed by atoms with Crippen molar-refractivity contribution >= 4 is 17.7 Å². The highest BCUT2D eigenvalue weighted by atomic mass is 32.2. The summed E-state index contributed by atoms with van der Waals surface area (Å²) in [5, 5.41) is 7.79. The average molecular weight is 327 g/mol. The average Bonchev–Trinajstić information content (AvgIpc) is 3.01. The summed E-state index contributed by atoms with van der Waals surface area (Å²) in [6.07, 6.45) is 5.41. The van der Waals surface area contributed by atoms with Crippen molar-refractivity contribution in [3.63, 3.8) is 0 Å². The maximum atomic E-state index is 4.38. The Kier molecular flexibility index (Phi) is 6.87. The third-order valence-electron chi connectivity index (χ3n) is 4.95. The fourth-order valence-corrected chi connectivity index (χ4v) is 4.59. The van der Waals surface area contributed by atoms with Crippen LogP contribution in [-0.4, -0.2) is 60.6 Å². The first-order valence-corrected chi connectivity index (χ1v) is 9.87. The highest BCUT2D eigenvalue weighted by molar-refractivity contribution is 8.00. The van der Waals surface area contributed by atoms with Gasteiger partial charge in [0.1, 0.15) is 0 Å². The van der Waals surface area contributed by atoms with Gasteiger partial charge in [-0.05, 0) is 57.7 Å². The van der Waals surface area contributed by atoms with E-state index in [1.165, 1.54) is 44.5 Å². The van der Waals surface area contributed by atoms with Gasteiger partial charge in [0.25, 0.3) is 0 Å². The van der Waals surface area contributed by atoms with Crippen molar-refractivity contribution in [2.45, 2.75) is 57.2 Å². The van der Waals surface area contributed by atoms with Gasteiger partial charge in [-0.15, -0.1) is 0 Å². The topological polar surface area (TPSA) is 39.7 Å². The second kappa shape index (κ2) is 8.44. The predicted molar refractivity (Wildman–Crippen MR) is 98.9 cm³/mol. The fourth-order valence-electron chi connectivity index (χ4n) is 3.39. The monoisotopic (exact) mass is 326 g/mol. The quantitative estimate of drug-likeness (QED) is 0.602.